The molecule has 0 spiro atoms. The summed E-state index contributed by atoms with van der Waals surface area (Å²) < 4.78 is 5.41. The van der Waals surface area contributed by atoms with E-state index >= 15 is 0 Å². The molecule has 0 aliphatic heterocycles. The fourth-order valence-corrected chi connectivity index (χ4v) is 4.15. The van der Waals surface area contributed by atoms with Crippen LogP contribution < -0.4 is 10.6 Å². The number of halogens is 2. The SMILES string of the molecule is CNCC(=O)CC[C@H](NC(=O)c1c(Cl)cc(-c2ccccc2)cc1Cl)C(=O)OCc1ccccc1. The van der Waals surface area contributed by atoms with Crippen molar-refractivity contribution < 1.29 is 19.1 Å². The number of carbonyl (C=O) groups excluding carboxylic acids is 3. The Hall–Kier alpha value is -3.19. The molecule has 0 bridgehead atoms. The minimum Gasteiger partial charge on any atom is -0.459 e. The minimum absolute atomic E-state index is 0.0454. The first-order valence-corrected chi connectivity index (χ1v) is 11.9. The number of hydrogen-bond acceptors (Lipinski definition) is 5. The van der Waals surface area contributed by atoms with Gasteiger partial charge in [-0.3, -0.25) is 9.59 Å². The lowest BCUT2D eigenvalue weighted by atomic mass is 10.0. The first kappa shape index (κ1) is 26.4. The third-order valence-electron chi connectivity index (χ3n) is 5.28. The molecule has 8 heteroatoms. The zero-order valence-corrected chi connectivity index (χ0v) is 20.7. The number of Topliss-reactive ketones (excluding diaryl/α,β-unsaturated/α-hetero) is 1. The molecule has 0 fully saturated rings. The molecule has 0 unspecified atom stereocenters. The van der Waals surface area contributed by atoms with E-state index in [-0.39, 0.29) is 47.4 Å². The van der Waals surface area contributed by atoms with Gasteiger partial charge in [0.2, 0.25) is 0 Å². The third-order valence-corrected chi connectivity index (χ3v) is 5.87. The maximum absolute atomic E-state index is 13.1. The highest BCUT2D eigenvalue weighted by molar-refractivity contribution is 6.40. The summed E-state index contributed by atoms with van der Waals surface area (Å²) >= 11 is 12.9. The predicted molar refractivity (Wildman–Crippen MR) is 138 cm³/mol. The van der Waals surface area contributed by atoms with Crippen molar-refractivity contribution in [3.63, 3.8) is 0 Å². The van der Waals surface area contributed by atoms with E-state index in [1.165, 1.54) is 0 Å². The van der Waals surface area contributed by atoms with Crippen molar-refractivity contribution in [3.8, 4) is 11.1 Å². The summed E-state index contributed by atoms with van der Waals surface area (Å²) in [4.78, 5) is 38.0. The van der Waals surface area contributed by atoms with E-state index in [1.807, 2.05) is 60.7 Å². The Bertz CT molecular complexity index is 1150. The van der Waals surface area contributed by atoms with Crippen molar-refractivity contribution in [1.29, 1.82) is 0 Å². The zero-order chi connectivity index (χ0) is 25.2. The molecule has 0 aliphatic carbocycles. The second-order valence-corrected chi connectivity index (χ2v) is 8.72. The summed E-state index contributed by atoms with van der Waals surface area (Å²) in [7, 11) is 1.66. The summed E-state index contributed by atoms with van der Waals surface area (Å²) in [5, 5.41) is 5.73. The van der Waals surface area contributed by atoms with Crippen LogP contribution in [0.5, 0.6) is 0 Å². The molecule has 3 aromatic carbocycles. The number of hydrogen-bond donors (Lipinski definition) is 2. The van der Waals surface area contributed by atoms with E-state index in [0.717, 1.165) is 16.7 Å². The molecule has 3 rings (SSSR count). The smallest absolute Gasteiger partial charge is 0.328 e. The molecule has 0 saturated carbocycles. The average Bonchev–Trinajstić information content (AvgIpc) is 2.86. The number of esters is 1. The Morgan fingerprint density at radius 3 is 2.09 bits per heavy atom. The van der Waals surface area contributed by atoms with Gasteiger partial charge in [-0.25, -0.2) is 4.79 Å². The van der Waals surface area contributed by atoms with Crippen molar-refractivity contribution >= 4 is 40.9 Å². The van der Waals surface area contributed by atoms with E-state index in [2.05, 4.69) is 10.6 Å². The van der Waals surface area contributed by atoms with Crippen molar-refractivity contribution in [1.82, 2.24) is 10.6 Å². The van der Waals surface area contributed by atoms with Gasteiger partial charge >= 0.3 is 5.97 Å². The number of ketones is 1. The molecule has 35 heavy (non-hydrogen) atoms. The first-order chi connectivity index (χ1) is 16.9. The van der Waals surface area contributed by atoms with Gasteiger partial charge in [-0.05, 0) is 42.3 Å². The molecule has 3 aromatic rings. The van der Waals surface area contributed by atoms with Gasteiger partial charge in [0.15, 0.2) is 0 Å². The molecule has 0 saturated heterocycles. The van der Waals surface area contributed by atoms with Gasteiger partial charge < -0.3 is 15.4 Å². The Kier molecular flexibility index (Phi) is 9.85. The van der Waals surface area contributed by atoms with Crippen LogP contribution in [0.25, 0.3) is 11.1 Å². The normalized spacial score (nSPS) is 11.5. The predicted octanol–water partition coefficient (Wildman–Crippen LogP) is 5.07. The van der Waals surface area contributed by atoms with Crippen LogP contribution in [0.2, 0.25) is 10.0 Å². The van der Waals surface area contributed by atoms with Crippen LogP contribution in [0.4, 0.5) is 0 Å². The fourth-order valence-electron chi connectivity index (χ4n) is 3.49. The van der Waals surface area contributed by atoms with Gasteiger partial charge in [0.25, 0.3) is 5.91 Å². The second kappa shape index (κ2) is 13.0. The highest BCUT2D eigenvalue weighted by Gasteiger charge is 2.26. The molecular formula is C27H26Cl2N2O4. The van der Waals surface area contributed by atoms with Crippen LogP contribution in [-0.4, -0.2) is 37.3 Å². The summed E-state index contributed by atoms with van der Waals surface area (Å²) in [6.45, 7) is 0.210. The molecule has 0 aliphatic rings. The lowest BCUT2D eigenvalue weighted by Crippen LogP contribution is -2.42. The fraction of sp³-hybridized carbons (Fsp3) is 0.222. The van der Waals surface area contributed by atoms with E-state index in [9.17, 15) is 14.4 Å². The number of likely N-dealkylation sites (N-methyl/N-ethyl adjacent to an activating group) is 1. The number of ether oxygens (including phenoxy) is 1. The molecule has 0 radical (unpaired) electrons. The summed E-state index contributed by atoms with van der Waals surface area (Å²) in [6, 6.07) is 20.9. The Morgan fingerprint density at radius 2 is 1.49 bits per heavy atom. The largest absolute Gasteiger partial charge is 0.459 e. The van der Waals surface area contributed by atoms with Gasteiger partial charge in [0.05, 0.1) is 22.2 Å². The summed E-state index contributed by atoms with van der Waals surface area (Å²) in [5.74, 6) is -1.36. The van der Waals surface area contributed by atoms with Crippen LogP contribution in [0.1, 0.15) is 28.8 Å². The number of carbonyl (C=O) groups is 3. The zero-order valence-electron chi connectivity index (χ0n) is 19.2. The van der Waals surface area contributed by atoms with Gasteiger partial charge in [0, 0.05) is 6.42 Å². The summed E-state index contributed by atoms with van der Waals surface area (Å²) in [5.41, 5.74) is 2.51. The molecule has 1 amide bonds. The molecule has 1 atom stereocenters. The number of amides is 1. The maximum atomic E-state index is 13.1. The van der Waals surface area contributed by atoms with Crippen LogP contribution in [-0.2, 0) is 20.9 Å². The first-order valence-electron chi connectivity index (χ1n) is 11.1. The molecule has 0 heterocycles. The van der Waals surface area contributed by atoms with Gasteiger partial charge in [-0.1, -0.05) is 83.9 Å². The maximum Gasteiger partial charge on any atom is 0.328 e. The third kappa shape index (κ3) is 7.65. The lowest BCUT2D eigenvalue weighted by molar-refractivity contribution is -0.147. The van der Waals surface area contributed by atoms with Crippen molar-refractivity contribution in [2.75, 3.05) is 13.6 Å². The highest BCUT2D eigenvalue weighted by atomic mass is 35.5. The van der Waals surface area contributed by atoms with Gasteiger partial charge in [-0.15, -0.1) is 0 Å². The number of nitrogens with one attached hydrogen (secondary N) is 2. The van der Waals surface area contributed by atoms with Crippen molar-refractivity contribution in [3.05, 3.63) is 94.0 Å². The van der Waals surface area contributed by atoms with Crippen molar-refractivity contribution in [2.24, 2.45) is 0 Å². The Labute approximate surface area is 214 Å². The minimum atomic E-state index is -1.05. The second-order valence-electron chi connectivity index (χ2n) is 7.91. The Morgan fingerprint density at radius 1 is 0.886 bits per heavy atom. The van der Waals surface area contributed by atoms with Crippen molar-refractivity contribution in [2.45, 2.75) is 25.5 Å². The average molecular weight is 513 g/mol. The molecular weight excluding hydrogens is 487 g/mol. The molecule has 6 nitrogen and oxygen atoms in total. The number of rotatable bonds is 11. The summed E-state index contributed by atoms with van der Waals surface area (Å²) in [6.07, 6.45) is 0.165. The molecule has 0 aromatic heterocycles. The monoisotopic (exact) mass is 512 g/mol. The molecule has 2 N–H and O–H groups in total. The van der Waals surface area contributed by atoms with Crippen LogP contribution >= 0.6 is 23.2 Å². The molecule has 182 valence electrons. The topological polar surface area (TPSA) is 84.5 Å². The standard InChI is InChI=1S/C27H26Cl2N2O4/c1-30-16-21(32)12-13-24(27(34)35-17-18-8-4-2-5-9-18)31-26(33)25-22(28)14-20(15-23(25)29)19-10-6-3-7-11-19/h2-11,14-15,24,30H,12-13,16-17H2,1H3,(H,31,33)/t24-/m0/s1. The van der Waals surface area contributed by atoms with E-state index in [1.54, 1.807) is 19.2 Å². The number of benzene rings is 3. The highest BCUT2D eigenvalue weighted by Crippen LogP contribution is 2.32. The van der Waals surface area contributed by atoms with E-state index in [0.29, 0.717) is 0 Å². The van der Waals surface area contributed by atoms with E-state index in [4.69, 9.17) is 27.9 Å². The van der Waals surface area contributed by atoms with Crippen LogP contribution in [0.15, 0.2) is 72.8 Å². The van der Waals surface area contributed by atoms with Gasteiger partial charge in [0.1, 0.15) is 18.4 Å². The van der Waals surface area contributed by atoms with Crippen LogP contribution in [0, 0.1) is 0 Å². The lowest BCUT2D eigenvalue weighted by Gasteiger charge is -2.19. The van der Waals surface area contributed by atoms with Gasteiger partial charge in [-0.2, -0.15) is 0 Å². The van der Waals surface area contributed by atoms with E-state index < -0.39 is 17.9 Å². The van der Waals surface area contributed by atoms with Crippen LogP contribution in [0.3, 0.4) is 0 Å². The Balaban J connectivity index is 1.76. The quantitative estimate of drug-likeness (QED) is 0.350.